The number of ether oxygens (including phenoxy) is 1. The molecule has 0 aliphatic carbocycles. The van der Waals surface area contributed by atoms with Crippen LogP contribution in [-0.4, -0.2) is 35.5 Å². The van der Waals surface area contributed by atoms with Crippen LogP contribution < -0.4 is 20.3 Å². The highest BCUT2D eigenvalue weighted by molar-refractivity contribution is 6.35. The van der Waals surface area contributed by atoms with Gasteiger partial charge in [0.1, 0.15) is 5.75 Å². The zero-order valence-corrected chi connectivity index (χ0v) is 20.5. The first kappa shape index (κ1) is 23.7. The summed E-state index contributed by atoms with van der Waals surface area (Å²) in [6.45, 7) is 4.99. The van der Waals surface area contributed by atoms with Crippen LogP contribution in [0.15, 0.2) is 42.5 Å². The van der Waals surface area contributed by atoms with E-state index in [1.165, 1.54) is 6.92 Å². The maximum atomic E-state index is 13.1. The minimum atomic E-state index is -1.08. The Hall–Kier alpha value is -2.44. The number of amides is 2. The number of hydrogen-bond acceptors (Lipinski definition) is 4. The largest absolute Gasteiger partial charge is 0.476 e. The van der Waals surface area contributed by atoms with Crippen LogP contribution in [0.1, 0.15) is 46.5 Å². The van der Waals surface area contributed by atoms with Crippen molar-refractivity contribution in [2.75, 3.05) is 10.2 Å². The van der Waals surface area contributed by atoms with E-state index in [1.54, 1.807) is 32.0 Å². The van der Waals surface area contributed by atoms with Gasteiger partial charge in [-0.3, -0.25) is 9.59 Å². The van der Waals surface area contributed by atoms with E-state index in [2.05, 4.69) is 27.7 Å². The number of carbonyl (C=O) groups is 2. The van der Waals surface area contributed by atoms with Crippen molar-refractivity contribution >= 4 is 46.4 Å². The van der Waals surface area contributed by atoms with Crippen molar-refractivity contribution in [2.24, 2.45) is 0 Å². The Morgan fingerprint density at radius 1 is 1.03 bits per heavy atom. The topological polar surface area (TPSA) is 70.7 Å². The number of anilines is 2. The van der Waals surface area contributed by atoms with Gasteiger partial charge < -0.3 is 20.3 Å². The van der Waals surface area contributed by atoms with E-state index in [0.717, 1.165) is 37.1 Å². The molecule has 2 heterocycles. The lowest BCUT2D eigenvalue weighted by atomic mass is 9.95. The van der Waals surface area contributed by atoms with Crippen LogP contribution in [0, 0.1) is 0 Å². The summed E-state index contributed by atoms with van der Waals surface area (Å²) in [4.78, 5) is 26.8. The molecule has 33 heavy (non-hydrogen) atoms. The average Bonchev–Trinajstić information content (AvgIpc) is 3.00. The number of carbonyl (C=O) groups excluding carboxylic acids is 2. The highest BCUT2D eigenvalue weighted by Gasteiger charge is 2.42. The molecule has 2 N–H and O–H groups in total. The average molecular weight is 490 g/mol. The molecular formula is C25H29Cl2N3O3. The molecule has 0 spiro atoms. The third-order valence-electron chi connectivity index (χ3n) is 6.36. The van der Waals surface area contributed by atoms with Gasteiger partial charge in [0.15, 0.2) is 5.60 Å². The molecular weight excluding hydrogens is 461 g/mol. The second kappa shape index (κ2) is 9.43. The molecule has 2 atom stereocenters. The number of benzene rings is 2. The van der Waals surface area contributed by atoms with Gasteiger partial charge >= 0.3 is 0 Å². The van der Waals surface area contributed by atoms with Gasteiger partial charge in [-0.15, -0.1) is 0 Å². The first-order chi connectivity index (χ1) is 15.6. The monoisotopic (exact) mass is 489 g/mol. The van der Waals surface area contributed by atoms with Crippen molar-refractivity contribution in [3.63, 3.8) is 0 Å². The predicted octanol–water partition coefficient (Wildman–Crippen LogP) is 5.43. The number of piperidine rings is 1. The molecule has 2 fully saturated rings. The Kier molecular flexibility index (Phi) is 6.78. The van der Waals surface area contributed by atoms with Crippen molar-refractivity contribution in [1.82, 2.24) is 5.32 Å². The standard InChI is InChI=1S/C25H29Cl2N3O3/c1-15(31)28-17-5-7-19(8-6-17)30-20-9-10-21(30)14-18(13-20)29-24(32)25(2,3)33-23-11-4-16(26)12-22(23)27/h4-8,11-12,18,20-21H,9-10,13-14H2,1-3H3,(H,28,31)(H,29,32). The second-order valence-corrected chi connectivity index (χ2v) is 10.2. The maximum absolute atomic E-state index is 13.1. The maximum Gasteiger partial charge on any atom is 0.263 e. The zero-order chi connectivity index (χ0) is 23.8. The van der Waals surface area contributed by atoms with Crippen molar-refractivity contribution in [3.05, 3.63) is 52.5 Å². The Balaban J connectivity index is 1.38. The SMILES string of the molecule is CC(=O)Nc1ccc(N2C3CCC2CC(NC(=O)C(C)(C)Oc2ccc(Cl)cc2Cl)C3)cc1. The molecule has 2 aromatic carbocycles. The van der Waals surface area contributed by atoms with Gasteiger partial charge in [0.25, 0.3) is 5.91 Å². The molecule has 2 bridgehead atoms. The van der Waals surface area contributed by atoms with Crippen LogP contribution in [-0.2, 0) is 9.59 Å². The molecule has 8 heteroatoms. The minimum absolute atomic E-state index is 0.0791. The summed E-state index contributed by atoms with van der Waals surface area (Å²) >= 11 is 12.2. The Labute approximate surface area is 204 Å². The van der Waals surface area contributed by atoms with Gasteiger partial charge in [-0.2, -0.15) is 0 Å². The van der Waals surface area contributed by atoms with Crippen molar-refractivity contribution in [3.8, 4) is 5.75 Å². The third-order valence-corrected chi connectivity index (χ3v) is 6.89. The molecule has 0 saturated carbocycles. The smallest absolute Gasteiger partial charge is 0.263 e. The van der Waals surface area contributed by atoms with Crippen LogP contribution >= 0.6 is 23.2 Å². The third kappa shape index (κ3) is 5.39. The first-order valence-electron chi connectivity index (χ1n) is 11.2. The summed E-state index contributed by atoms with van der Waals surface area (Å²) in [5.74, 6) is 0.189. The van der Waals surface area contributed by atoms with E-state index in [1.807, 2.05) is 12.1 Å². The van der Waals surface area contributed by atoms with E-state index < -0.39 is 5.60 Å². The number of nitrogens with one attached hydrogen (secondary N) is 2. The van der Waals surface area contributed by atoms with Gasteiger partial charge in [-0.25, -0.2) is 0 Å². The summed E-state index contributed by atoms with van der Waals surface area (Å²) < 4.78 is 5.95. The van der Waals surface area contributed by atoms with Crippen molar-refractivity contribution in [1.29, 1.82) is 0 Å². The van der Waals surface area contributed by atoms with E-state index in [0.29, 0.717) is 27.9 Å². The second-order valence-electron chi connectivity index (χ2n) is 9.35. The lowest BCUT2D eigenvalue weighted by Gasteiger charge is -2.41. The molecule has 2 saturated heterocycles. The number of halogens is 2. The lowest BCUT2D eigenvalue weighted by Crippen LogP contribution is -2.55. The number of hydrogen-bond donors (Lipinski definition) is 2. The van der Waals surface area contributed by atoms with E-state index in [9.17, 15) is 9.59 Å². The van der Waals surface area contributed by atoms with E-state index in [4.69, 9.17) is 27.9 Å². The number of rotatable bonds is 6. The van der Waals surface area contributed by atoms with Crippen LogP contribution in [0.3, 0.4) is 0 Å². The Bertz CT molecular complexity index is 1030. The highest BCUT2D eigenvalue weighted by atomic mass is 35.5. The van der Waals surface area contributed by atoms with Crippen LogP contribution in [0.2, 0.25) is 10.0 Å². The quantitative estimate of drug-likeness (QED) is 0.567. The zero-order valence-electron chi connectivity index (χ0n) is 19.0. The molecule has 2 aliphatic heterocycles. The molecule has 2 amide bonds. The Morgan fingerprint density at radius 3 is 2.24 bits per heavy atom. The molecule has 2 unspecified atom stereocenters. The molecule has 176 valence electrons. The number of nitrogens with zero attached hydrogens (tertiary/aromatic N) is 1. The summed E-state index contributed by atoms with van der Waals surface area (Å²) in [5.41, 5.74) is 0.874. The number of fused-ring (bicyclic) bond motifs is 2. The van der Waals surface area contributed by atoms with Gasteiger partial charge in [0, 0.05) is 41.4 Å². The van der Waals surface area contributed by atoms with Crippen molar-refractivity contribution in [2.45, 2.75) is 70.2 Å². The molecule has 4 rings (SSSR count). The van der Waals surface area contributed by atoms with E-state index >= 15 is 0 Å². The summed E-state index contributed by atoms with van der Waals surface area (Å²) in [6, 6.07) is 13.8. The first-order valence-corrected chi connectivity index (χ1v) is 12.0. The predicted molar refractivity (Wildman–Crippen MR) is 132 cm³/mol. The van der Waals surface area contributed by atoms with Crippen LogP contribution in [0.5, 0.6) is 5.75 Å². The minimum Gasteiger partial charge on any atom is -0.476 e. The normalized spacial score (nSPS) is 22.1. The summed E-state index contributed by atoms with van der Waals surface area (Å²) in [5, 5.41) is 6.90. The molecule has 6 nitrogen and oxygen atoms in total. The summed E-state index contributed by atoms with van der Waals surface area (Å²) in [7, 11) is 0. The fourth-order valence-electron chi connectivity index (χ4n) is 4.88. The van der Waals surface area contributed by atoms with Gasteiger partial charge in [0.05, 0.1) is 5.02 Å². The molecule has 0 aromatic heterocycles. The fraction of sp³-hybridized carbons (Fsp3) is 0.440. The van der Waals surface area contributed by atoms with Gasteiger partial charge in [-0.05, 0) is 82.0 Å². The summed E-state index contributed by atoms with van der Waals surface area (Å²) in [6.07, 6.45) is 3.97. The van der Waals surface area contributed by atoms with E-state index in [-0.39, 0.29) is 17.9 Å². The Morgan fingerprint density at radius 2 is 1.67 bits per heavy atom. The lowest BCUT2D eigenvalue weighted by molar-refractivity contribution is -0.135. The van der Waals surface area contributed by atoms with Gasteiger partial charge in [0.2, 0.25) is 5.91 Å². The van der Waals surface area contributed by atoms with Crippen LogP contribution in [0.25, 0.3) is 0 Å². The fourth-order valence-corrected chi connectivity index (χ4v) is 5.32. The highest BCUT2D eigenvalue weighted by Crippen LogP contribution is 2.40. The molecule has 2 aromatic rings. The van der Waals surface area contributed by atoms with Crippen LogP contribution in [0.4, 0.5) is 11.4 Å². The van der Waals surface area contributed by atoms with Gasteiger partial charge in [-0.1, -0.05) is 23.2 Å². The van der Waals surface area contributed by atoms with Crippen molar-refractivity contribution < 1.29 is 14.3 Å². The molecule has 2 aliphatic rings. The molecule has 0 radical (unpaired) electrons.